The summed E-state index contributed by atoms with van der Waals surface area (Å²) in [7, 11) is 1.68. The Morgan fingerprint density at radius 1 is 1.05 bits per heavy atom. The van der Waals surface area contributed by atoms with Gasteiger partial charge in [0.2, 0.25) is 0 Å². The lowest BCUT2D eigenvalue weighted by atomic mass is 9.86. The largest absolute Gasteiger partial charge is 0.497 e. The third-order valence-corrected chi connectivity index (χ3v) is 3.34. The van der Waals surface area contributed by atoms with Crippen molar-refractivity contribution < 1.29 is 9.47 Å². The van der Waals surface area contributed by atoms with Gasteiger partial charge in [0, 0.05) is 11.3 Å². The lowest BCUT2D eigenvalue weighted by molar-refractivity contribution is 0.296. The Kier molecular flexibility index (Phi) is 4.41. The number of hydrogen-bond donors (Lipinski definition) is 1. The zero-order valence-electron chi connectivity index (χ0n) is 13.1. The van der Waals surface area contributed by atoms with Gasteiger partial charge in [0.25, 0.3) is 0 Å². The summed E-state index contributed by atoms with van der Waals surface area (Å²) in [5.74, 6) is 1.72. The van der Waals surface area contributed by atoms with Crippen LogP contribution in [0.3, 0.4) is 0 Å². The van der Waals surface area contributed by atoms with Crippen molar-refractivity contribution in [1.82, 2.24) is 0 Å². The Balaban J connectivity index is 2.23. The van der Waals surface area contributed by atoms with Crippen LogP contribution < -0.4 is 15.2 Å². The molecule has 2 N–H and O–H groups in total. The first-order valence-corrected chi connectivity index (χ1v) is 7.06. The molecule has 0 aliphatic heterocycles. The fourth-order valence-electron chi connectivity index (χ4n) is 2.19. The molecule has 0 spiro atoms. The highest BCUT2D eigenvalue weighted by atomic mass is 16.5. The zero-order chi connectivity index (χ0) is 15.5. The van der Waals surface area contributed by atoms with Crippen molar-refractivity contribution in [3.63, 3.8) is 0 Å². The van der Waals surface area contributed by atoms with Crippen LogP contribution in [-0.2, 0) is 12.0 Å². The Hall–Kier alpha value is -2.16. The van der Waals surface area contributed by atoms with Crippen molar-refractivity contribution in [2.24, 2.45) is 0 Å². The van der Waals surface area contributed by atoms with Gasteiger partial charge in [0.15, 0.2) is 0 Å². The molecule has 0 amide bonds. The van der Waals surface area contributed by atoms with Gasteiger partial charge < -0.3 is 15.2 Å². The molecule has 2 aromatic carbocycles. The maximum absolute atomic E-state index is 5.99. The van der Waals surface area contributed by atoms with E-state index in [0.717, 1.165) is 28.3 Å². The van der Waals surface area contributed by atoms with Crippen molar-refractivity contribution >= 4 is 5.69 Å². The van der Waals surface area contributed by atoms with E-state index >= 15 is 0 Å². The summed E-state index contributed by atoms with van der Waals surface area (Å²) in [5.41, 5.74) is 8.72. The van der Waals surface area contributed by atoms with Crippen LogP contribution >= 0.6 is 0 Å². The van der Waals surface area contributed by atoms with Gasteiger partial charge in [-0.25, -0.2) is 0 Å². The standard InChI is InChI=1S/C18H23NO2/c1-18(2,3)16-11-15(20-4)8-9-17(16)21-12-13-6-5-7-14(19)10-13/h5-11H,12,19H2,1-4H3. The molecule has 112 valence electrons. The molecule has 0 heterocycles. The normalized spacial score (nSPS) is 11.2. The number of ether oxygens (including phenoxy) is 2. The Labute approximate surface area is 126 Å². The van der Waals surface area contributed by atoms with Crippen molar-refractivity contribution in [3.05, 3.63) is 53.6 Å². The Morgan fingerprint density at radius 3 is 2.43 bits per heavy atom. The summed E-state index contributed by atoms with van der Waals surface area (Å²) in [6.45, 7) is 6.99. The quantitative estimate of drug-likeness (QED) is 0.858. The fourth-order valence-corrected chi connectivity index (χ4v) is 2.19. The average molecular weight is 285 g/mol. The number of benzene rings is 2. The highest BCUT2D eigenvalue weighted by molar-refractivity contribution is 5.45. The van der Waals surface area contributed by atoms with Crippen LogP contribution in [0.4, 0.5) is 5.69 Å². The number of rotatable bonds is 4. The van der Waals surface area contributed by atoms with Crippen LogP contribution in [0.25, 0.3) is 0 Å². The van der Waals surface area contributed by atoms with E-state index in [-0.39, 0.29) is 5.41 Å². The first-order chi connectivity index (χ1) is 9.90. The molecule has 0 aromatic heterocycles. The van der Waals surface area contributed by atoms with Crippen LogP contribution in [0, 0.1) is 0 Å². The highest BCUT2D eigenvalue weighted by Crippen LogP contribution is 2.34. The van der Waals surface area contributed by atoms with E-state index in [0.29, 0.717) is 6.61 Å². The van der Waals surface area contributed by atoms with Gasteiger partial charge in [-0.15, -0.1) is 0 Å². The second kappa shape index (κ2) is 6.08. The minimum atomic E-state index is -0.0143. The molecule has 0 radical (unpaired) electrons. The third-order valence-electron chi connectivity index (χ3n) is 3.34. The Bertz CT molecular complexity index is 615. The summed E-state index contributed by atoms with van der Waals surface area (Å²) < 4.78 is 11.3. The molecule has 21 heavy (non-hydrogen) atoms. The predicted octanol–water partition coefficient (Wildman–Crippen LogP) is 4.15. The first-order valence-electron chi connectivity index (χ1n) is 7.06. The topological polar surface area (TPSA) is 44.5 Å². The van der Waals surface area contributed by atoms with Crippen LogP contribution in [0.15, 0.2) is 42.5 Å². The SMILES string of the molecule is COc1ccc(OCc2cccc(N)c2)c(C(C)(C)C)c1. The third kappa shape index (κ3) is 3.91. The number of methoxy groups -OCH3 is 1. The monoisotopic (exact) mass is 285 g/mol. The van der Waals surface area contributed by atoms with E-state index < -0.39 is 0 Å². The second-order valence-electron chi connectivity index (χ2n) is 6.15. The van der Waals surface area contributed by atoms with E-state index in [2.05, 4.69) is 20.8 Å². The number of hydrogen-bond acceptors (Lipinski definition) is 3. The van der Waals surface area contributed by atoms with Crippen molar-refractivity contribution in [1.29, 1.82) is 0 Å². The summed E-state index contributed by atoms with van der Waals surface area (Å²) in [6.07, 6.45) is 0. The summed E-state index contributed by atoms with van der Waals surface area (Å²) in [6, 6.07) is 13.7. The molecule has 0 saturated heterocycles. The van der Waals surface area contributed by atoms with Crippen LogP contribution in [0.1, 0.15) is 31.9 Å². The Morgan fingerprint density at radius 2 is 1.81 bits per heavy atom. The maximum Gasteiger partial charge on any atom is 0.123 e. The highest BCUT2D eigenvalue weighted by Gasteiger charge is 2.20. The minimum Gasteiger partial charge on any atom is -0.497 e. The smallest absolute Gasteiger partial charge is 0.123 e. The summed E-state index contributed by atoms with van der Waals surface area (Å²) in [5, 5.41) is 0. The molecule has 3 nitrogen and oxygen atoms in total. The first kappa shape index (κ1) is 15.2. The van der Waals surface area contributed by atoms with Crippen molar-refractivity contribution in [3.8, 4) is 11.5 Å². The van der Waals surface area contributed by atoms with E-state index in [4.69, 9.17) is 15.2 Å². The molecule has 3 heteroatoms. The lowest BCUT2D eigenvalue weighted by Crippen LogP contribution is -2.13. The molecule has 0 unspecified atom stereocenters. The molecule has 0 saturated carbocycles. The van der Waals surface area contributed by atoms with Gasteiger partial charge in [0.05, 0.1) is 7.11 Å². The molecule has 0 fully saturated rings. The molecule has 0 bridgehead atoms. The van der Waals surface area contributed by atoms with Gasteiger partial charge >= 0.3 is 0 Å². The number of nitrogens with two attached hydrogens (primary N) is 1. The van der Waals surface area contributed by atoms with Gasteiger partial charge in [-0.2, -0.15) is 0 Å². The van der Waals surface area contributed by atoms with Crippen LogP contribution in [0.2, 0.25) is 0 Å². The molecule has 2 rings (SSSR count). The van der Waals surface area contributed by atoms with E-state index in [1.807, 2.05) is 42.5 Å². The van der Waals surface area contributed by atoms with Crippen molar-refractivity contribution in [2.45, 2.75) is 32.8 Å². The summed E-state index contributed by atoms with van der Waals surface area (Å²) >= 11 is 0. The average Bonchev–Trinajstić information content (AvgIpc) is 2.44. The van der Waals surface area contributed by atoms with Gasteiger partial charge in [0.1, 0.15) is 18.1 Å². The fraction of sp³-hybridized carbons (Fsp3) is 0.333. The molecule has 0 atom stereocenters. The van der Waals surface area contributed by atoms with Crippen molar-refractivity contribution in [2.75, 3.05) is 12.8 Å². The molecule has 0 aliphatic carbocycles. The zero-order valence-corrected chi connectivity index (χ0v) is 13.1. The van der Waals surface area contributed by atoms with Gasteiger partial charge in [-0.05, 0) is 41.3 Å². The second-order valence-corrected chi connectivity index (χ2v) is 6.15. The minimum absolute atomic E-state index is 0.0143. The number of anilines is 1. The molecular formula is C18H23NO2. The van der Waals surface area contributed by atoms with E-state index in [1.54, 1.807) is 7.11 Å². The van der Waals surface area contributed by atoms with E-state index in [9.17, 15) is 0 Å². The predicted molar refractivity (Wildman–Crippen MR) is 86.9 cm³/mol. The molecule has 0 aliphatic rings. The van der Waals surface area contributed by atoms with Crippen LogP contribution in [0.5, 0.6) is 11.5 Å². The molecule has 2 aromatic rings. The van der Waals surface area contributed by atoms with Gasteiger partial charge in [-0.3, -0.25) is 0 Å². The van der Waals surface area contributed by atoms with E-state index in [1.165, 1.54) is 0 Å². The van der Waals surface area contributed by atoms with Gasteiger partial charge in [-0.1, -0.05) is 32.9 Å². The number of nitrogen functional groups attached to an aromatic ring is 1. The molecular weight excluding hydrogens is 262 g/mol. The maximum atomic E-state index is 5.99. The van der Waals surface area contributed by atoms with Crippen LogP contribution in [-0.4, -0.2) is 7.11 Å². The summed E-state index contributed by atoms with van der Waals surface area (Å²) in [4.78, 5) is 0. The lowest BCUT2D eigenvalue weighted by Gasteiger charge is -2.23.